The van der Waals surface area contributed by atoms with Crippen LogP contribution in [0.4, 0.5) is 0 Å². The molecule has 0 aromatic carbocycles. The highest BCUT2D eigenvalue weighted by molar-refractivity contribution is 5.75. The van der Waals surface area contributed by atoms with E-state index >= 15 is 0 Å². The van der Waals surface area contributed by atoms with Crippen LogP contribution in [-0.4, -0.2) is 37.1 Å². The molecular formula is C11H19NO2. The first kappa shape index (κ1) is 11.2. The van der Waals surface area contributed by atoms with Crippen molar-refractivity contribution in [2.75, 3.05) is 20.2 Å². The number of methoxy groups -OCH3 is 1. The highest BCUT2D eigenvalue weighted by Crippen LogP contribution is 2.18. The van der Waals surface area contributed by atoms with Crippen molar-refractivity contribution in [2.24, 2.45) is 0 Å². The molecule has 14 heavy (non-hydrogen) atoms. The van der Waals surface area contributed by atoms with Crippen LogP contribution in [0.5, 0.6) is 0 Å². The standard InChI is InChI=1S/C11H19NO2/c1-3-4-8-12-9-6-5-7-10(12)11(13)14-2/h3,10H,1,4-9H2,2H3/t10-/m1/s1. The minimum Gasteiger partial charge on any atom is -0.468 e. The molecule has 0 bridgehead atoms. The van der Waals surface area contributed by atoms with Gasteiger partial charge in [-0.1, -0.05) is 12.5 Å². The van der Waals surface area contributed by atoms with E-state index in [1.165, 1.54) is 13.5 Å². The van der Waals surface area contributed by atoms with Gasteiger partial charge in [0.25, 0.3) is 0 Å². The fourth-order valence-electron chi connectivity index (χ4n) is 1.92. The highest BCUT2D eigenvalue weighted by Gasteiger charge is 2.28. The Bertz CT molecular complexity index is 203. The number of hydrogen-bond donors (Lipinski definition) is 0. The maximum absolute atomic E-state index is 11.5. The van der Waals surface area contributed by atoms with Crippen LogP contribution in [0.25, 0.3) is 0 Å². The number of likely N-dealkylation sites (tertiary alicyclic amines) is 1. The van der Waals surface area contributed by atoms with Crippen LogP contribution in [0.2, 0.25) is 0 Å². The summed E-state index contributed by atoms with van der Waals surface area (Å²) in [5.41, 5.74) is 0. The van der Waals surface area contributed by atoms with Gasteiger partial charge in [-0.25, -0.2) is 0 Å². The van der Waals surface area contributed by atoms with Gasteiger partial charge in [-0.3, -0.25) is 9.69 Å². The molecule has 1 atom stereocenters. The van der Waals surface area contributed by atoms with Gasteiger partial charge in [-0.15, -0.1) is 6.58 Å². The van der Waals surface area contributed by atoms with Crippen molar-refractivity contribution in [1.82, 2.24) is 4.90 Å². The number of ether oxygens (including phenoxy) is 1. The van der Waals surface area contributed by atoms with Crippen LogP contribution < -0.4 is 0 Å². The first-order valence-corrected chi connectivity index (χ1v) is 5.22. The van der Waals surface area contributed by atoms with E-state index in [2.05, 4.69) is 11.5 Å². The number of nitrogens with zero attached hydrogens (tertiary/aromatic N) is 1. The fraction of sp³-hybridized carbons (Fsp3) is 0.727. The van der Waals surface area contributed by atoms with Crippen molar-refractivity contribution in [2.45, 2.75) is 31.7 Å². The highest BCUT2D eigenvalue weighted by atomic mass is 16.5. The predicted octanol–water partition coefficient (Wildman–Crippen LogP) is 1.59. The molecule has 1 saturated heterocycles. The third-order valence-electron chi connectivity index (χ3n) is 2.71. The average molecular weight is 197 g/mol. The molecule has 3 heteroatoms. The van der Waals surface area contributed by atoms with Crippen LogP contribution in [0, 0.1) is 0 Å². The summed E-state index contributed by atoms with van der Waals surface area (Å²) >= 11 is 0. The molecule has 0 aromatic heterocycles. The number of hydrogen-bond acceptors (Lipinski definition) is 3. The van der Waals surface area contributed by atoms with E-state index in [4.69, 9.17) is 4.74 Å². The number of piperidine rings is 1. The topological polar surface area (TPSA) is 29.5 Å². The Morgan fingerprint density at radius 1 is 1.64 bits per heavy atom. The van der Waals surface area contributed by atoms with E-state index in [-0.39, 0.29) is 12.0 Å². The van der Waals surface area contributed by atoms with Gasteiger partial charge in [0, 0.05) is 6.54 Å². The van der Waals surface area contributed by atoms with E-state index in [1.807, 2.05) is 6.08 Å². The Morgan fingerprint density at radius 3 is 3.07 bits per heavy atom. The summed E-state index contributed by atoms with van der Waals surface area (Å²) < 4.78 is 4.79. The van der Waals surface area contributed by atoms with Crippen LogP contribution in [-0.2, 0) is 9.53 Å². The largest absolute Gasteiger partial charge is 0.468 e. The van der Waals surface area contributed by atoms with Gasteiger partial charge in [0.15, 0.2) is 0 Å². The molecule has 0 aliphatic carbocycles. The molecule has 1 aliphatic rings. The van der Waals surface area contributed by atoms with E-state index < -0.39 is 0 Å². The second-order valence-corrected chi connectivity index (χ2v) is 3.65. The number of esters is 1. The Hall–Kier alpha value is -0.830. The zero-order valence-corrected chi connectivity index (χ0v) is 8.87. The van der Waals surface area contributed by atoms with E-state index in [0.717, 1.165) is 32.4 Å². The molecule has 0 saturated carbocycles. The molecule has 1 aliphatic heterocycles. The smallest absolute Gasteiger partial charge is 0.323 e. The van der Waals surface area contributed by atoms with Gasteiger partial charge in [-0.2, -0.15) is 0 Å². The maximum atomic E-state index is 11.5. The molecular weight excluding hydrogens is 178 g/mol. The summed E-state index contributed by atoms with van der Waals surface area (Å²) in [6.07, 6.45) is 6.08. The third kappa shape index (κ3) is 2.84. The fourth-order valence-corrected chi connectivity index (χ4v) is 1.92. The van der Waals surface area contributed by atoms with Crippen molar-refractivity contribution in [3.8, 4) is 0 Å². The van der Waals surface area contributed by atoms with Crippen LogP contribution in [0.15, 0.2) is 12.7 Å². The Kier molecular flexibility index (Phi) is 4.66. The lowest BCUT2D eigenvalue weighted by Crippen LogP contribution is -2.45. The molecule has 1 heterocycles. The molecule has 1 fully saturated rings. The van der Waals surface area contributed by atoms with Crippen LogP contribution in [0.1, 0.15) is 25.7 Å². The molecule has 0 radical (unpaired) electrons. The van der Waals surface area contributed by atoms with Gasteiger partial charge in [-0.05, 0) is 25.8 Å². The zero-order chi connectivity index (χ0) is 10.4. The van der Waals surface area contributed by atoms with E-state index in [0.29, 0.717) is 0 Å². The number of carbonyl (C=O) groups is 1. The summed E-state index contributed by atoms with van der Waals surface area (Å²) in [5.74, 6) is -0.0891. The van der Waals surface area contributed by atoms with Gasteiger partial charge in [0.1, 0.15) is 6.04 Å². The molecule has 1 rings (SSSR count). The lowest BCUT2D eigenvalue weighted by molar-refractivity contribution is -0.148. The van der Waals surface area contributed by atoms with Gasteiger partial charge in [0.2, 0.25) is 0 Å². The van der Waals surface area contributed by atoms with Gasteiger partial charge >= 0.3 is 5.97 Å². The van der Waals surface area contributed by atoms with E-state index in [9.17, 15) is 4.79 Å². The summed E-state index contributed by atoms with van der Waals surface area (Å²) in [4.78, 5) is 13.7. The molecule has 0 spiro atoms. The second-order valence-electron chi connectivity index (χ2n) is 3.65. The Labute approximate surface area is 85.7 Å². The minimum absolute atomic E-state index is 0.0197. The van der Waals surface area contributed by atoms with Crippen molar-refractivity contribution < 1.29 is 9.53 Å². The lowest BCUT2D eigenvalue weighted by atomic mass is 10.0. The van der Waals surface area contributed by atoms with Gasteiger partial charge in [0.05, 0.1) is 7.11 Å². The van der Waals surface area contributed by atoms with Crippen LogP contribution >= 0.6 is 0 Å². The maximum Gasteiger partial charge on any atom is 0.323 e. The number of rotatable bonds is 4. The molecule has 80 valence electrons. The Morgan fingerprint density at radius 2 is 2.43 bits per heavy atom. The summed E-state index contributed by atoms with van der Waals surface area (Å²) in [6, 6.07) is -0.0197. The quantitative estimate of drug-likeness (QED) is 0.506. The first-order valence-electron chi connectivity index (χ1n) is 5.22. The predicted molar refractivity (Wildman–Crippen MR) is 56.0 cm³/mol. The SMILES string of the molecule is C=CCCN1CCCC[C@@H]1C(=O)OC. The summed E-state index contributed by atoms with van der Waals surface area (Å²) in [7, 11) is 1.46. The molecule has 0 aromatic rings. The van der Waals surface area contributed by atoms with Crippen molar-refractivity contribution >= 4 is 5.97 Å². The normalized spacial score (nSPS) is 23.1. The van der Waals surface area contributed by atoms with Crippen molar-refractivity contribution in [3.05, 3.63) is 12.7 Å². The second kappa shape index (κ2) is 5.81. The monoisotopic (exact) mass is 197 g/mol. The summed E-state index contributed by atoms with van der Waals surface area (Å²) in [6.45, 7) is 5.62. The molecule has 3 nitrogen and oxygen atoms in total. The third-order valence-corrected chi connectivity index (χ3v) is 2.71. The molecule has 0 N–H and O–H groups in total. The van der Waals surface area contributed by atoms with E-state index in [1.54, 1.807) is 0 Å². The van der Waals surface area contributed by atoms with Crippen molar-refractivity contribution in [1.29, 1.82) is 0 Å². The van der Waals surface area contributed by atoms with Gasteiger partial charge < -0.3 is 4.74 Å². The first-order chi connectivity index (χ1) is 6.79. The average Bonchev–Trinajstić information content (AvgIpc) is 2.25. The van der Waals surface area contributed by atoms with Crippen LogP contribution in [0.3, 0.4) is 0 Å². The minimum atomic E-state index is -0.0891. The number of carbonyl (C=O) groups excluding carboxylic acids is 1. The molecule has 0 amide bonds. The zero-order valence-electron chi connectivity index (χ0n) is 8.87. The summed E-state index contributed by atoms with van der Waals surface area (Å²) in [5, 5.41) is 0. The molecule has 0 unspecified atom stereocenters. The van der Waals surface area contributed by atoms with Crippen molar-refractivity contribution in [3.63, 3.8) is 0 Å². The Balaban J connectivity index is 2.49. The lowest BCUT2D eigenvalue weighted by Gasteiger charge is -2.33.